The molecule has 0 aliphatic carbocycles. The van der Waals surface area contributed by atoms with E-state index >= 15 is 0 Å². The minimum Gasteiger partial charge on any atom is -0.507 e. The van der Waals surface area contributed by atoms with E-state index in [1.807, 2.05) is 13.0 Å². The predicted octanol–water partition coefficient (Wildman–Crippen LogP) is 7.34. The van der Waals surface area contributed by atoms with E-state index in [2.05, 4.69) is 24.0 Å². The summed E-state index contributed by atoms with van der Waals surface area (Å²) in [5, 5.41) is 20.4. The van der Waals surface area contributed by atoms with Crippen LogP contribution in [0.5, 0.6) is 11.5 Å². The Bertz CT molecular complexity index is 1770. The van der Waals surface area contributed by atoms with Gasteiger partial charge in [0.05, 0.1) is 18.2 Å². The molecule has 8 nitrogen and oxygen atoms in total. The third kappa shape index (κ3) is 6.60. The van der Waals surface area contributed by atoms with E-state index in [1.165, 1.54) is 40.1 Å². The van der Waals surface area contributed by atoms with E-state index in [0.717, 1.165) is 23.3 Å². The molecule has 1 saturated heterocycles. The van der Waals surface area contributed by atoms with Gasteiger partial charge in [0.1, 0.15) is 29.2 Å². The van der Waals surface area contributed by atoms with Gasteiger partial charge in [0.2, 0.25) is 5.13 Å². The van der Waals surface area contributed by atoms with Crippen LogP contribution in [0.15, 0.2) is 76.6 Å². The number of carbonyl (C=O) groups is 2. The fourth-order valence-electron chi connectivity index (χ4n) is 5.34. The molecule has 2 aliphatic heterocycles. The summed E-state index contributed by atoms with van der Waals surface area (Å²) in [5.41, 5.74) is 2.80. The van der Waals surface area contributed by atoms with Gasteiger partial charge in [-0.15, -0.1) is 10.2 Å². The highest BCUT2D eigenvalue weighted by molar-refractivity contribution is 8.00. The Morgan fingerprint density at radius 1 is 1.13 bits per heavy atom. The van der Waals surface area contributed by atoms with Crippen molar-refractivity contribution in [1.82, 2.24) is 10.2 Å². The molecular formula is C34H32FN3O5S2. The number of rotatable bonds is 10. The summed E-state index contributed by atoms with van der Waals surface area (Å²) < 4.78 is 25.7. The van der Waals surface area contributed by atoms with Gasteiger partial charge in [0, 0.05) is 17.7 Å². The highest BCUT2D eigenvalue weighted by Crippen LogP contribution is 2.45. The first-order valence-electron chi connectivity index (χ1n) is 14.7. The lowest BCUT2D eigenvalue weighted by atomic mass is 9.94. The molecule has 0 bridgehead atoms. The Morgan fingerprint density at radius 3 is 2.71 bits per heavy atom. The molecule has 1 aromatic heterocycles. The minimum absolute atomic E-state index is 0.00828. The maximum atomic E-state index is 13.7. The van der Waals surface area contributed by atoms with Crippen molar-refractivity contribution in [1.29, 1.82) is 0 Å². The maximum absolute atomic E-state index is 13.7. The largest absolute Gasteiger partial charge is 0.507 e. The topological polar surface area (TPSA) is 102 Å². The average molecular weight is 646 g/mol. The van der Waals surface area contributed by atoms with Crippen LogP contribution in [0, 0.1) is 11.7 Å². The molecule has 45 heavy (non-hydrogen) atoms. The van der Waals surface area contributed by atoms with E-state index in [4.69, 9.17) is 9.47 Å². The van der Waals surface area contributed by atoms with Gasteiger partial charge < -0.3 is 14.6 Å². The number of aromatic nitrogens is 2. The number of benzene rings is 3. The Labute approximate surface area is 268 Å². The lowest BCUT2D eigenvalue weighted by Crippen LogP contribution is -2.29. The molecule has 4 aromatic rings. The molecule has 11 heteroatoms. The van der Waals surface area contributed by atoms with Gasteiger partial charge in [-0.25, -0.2) is 4.39 Å². The molecular weight excluding hydrogens is 614 g/mol. The quantitative estimate of drug-likeness (QED) is 0.0629. The van der Waals surface area contributed by atoms with Crippen molar-refractivity contribution in [3.05, 3.63) is 100 Å². The number of halogens is 1. The molecule has 1 amide bonds. The summed E-state index contributed by atoms with van der Waals surface area (Å²) in [6.07, 6.45) is 1.55. The summed E-state index contributed by atoms with van der Waals surface area (Å²) >= 11 is 2.57. The van der Waals surface area contributed by atoms with Crippen molar-refractivity contribution in [3.63, 3.8) is 0 Å². The van der Waals surface area contributed by atoms with Crippen LogP contribution < -0.4 is 14.4 Å². The normalized spacial score (nSPS) is 18.8. The van der Waals surface area contributed by atoms with Crippen LogP contribution in [0.2, 0.25) is 0 Å². The monoisotopic (exact) mass is 645 g/mol. The second kappa shape index (κ2) is 13.0. The van der Waals surface area contributed by atoms with E-state index in [-0.39, 0.29) is 28.4 Å². The number of ether oxygens (including phenoxy) is 2. The summed E-state index contributed by atoms with van der Waals surface area (Å²) in [7, 11) is 0. The summed E-state index contributed by atoms with van der Waals surface area (Å²) in [4.78, 5) is 28.7. The molecule has 0 unspecified atom stereocenters. The van der Waals surface area contributed by atoms with Crippen LogP contribution in [-0.4, -0.2) is 39.7 Å². The second-order valence-corrected chi connectivity index (χ2v) is 13.7. The third-order valence-electron chi connectivity index (χ3n) is 7.63. The average Bonchev–Trinajstić information content (AvgIpc) is 3.71. The number of Topliss-reactive ketones (excluding diaryl/α,β-unsaturated/α-hetero) is 1. The first kappa shape index (κ1) is 30.8. The van der Waals surface area contributed by atoms with Gasteiger partial charge in [-0.05, 0) is 78.4 Å². The van der Waals surface area contributed by atoms with E-state index in [9.17, 15) is 19.1 Å². The van der Waals surface area contributed by atoms with Crippen LogP contribution in [0.3, 0.4) is 0 Å². The highest BCUT2D eigenvalue weighted by atomic mass is 32.2. The lowest BCUT2D eigenvalue weighted by Gasteiger charge is -2.23. The Kier molecular flexibility index (Phi) is 8.91. The van der Waals surface area contributed by atoms with Gasteiger partial charge in [0.25, 0.3) is 5.78 Å². The number of anilines is 1. The summed E-state index contributed by atoms with van der Waals surface area (Å²) in [6, 6.07) is 17.7. The number of hydrogen-bond donors (Lipinski definition) is 1. The molecule has 0 radical (unpaired) electrons. The van der Waals surface area contributed by atoms with Gasteiger partial charge in [-0.3, -0.25) is 14.5 Å². The van der Waals surface area contributed by atoms with Crippen molar-refractivity contribution in [2.24, 2.45) is 5.92 Å². The smallest absolute Gasteiger partial charge is 0.301 e. The Hall–Kier alpha value is -4.22. The molecule has 1 N–H and O–H groups in total. The fraction of sp³-hybridized carbons (Fsp3) is 0.294. The molecule has 0 spiro atoms. The number of ketones is 1. The van der Waals surface area contributed by atoms with Crippen molar-refractivity contribution >= 4 is 45.7 Å². The van der Waals surface area contributed by atoms with Crippen molar-refractivity contribution in [2.75, 3.05) is 11.5 Å². The third-order valence-corrected chi connectivity index (χ3v) is 9.76. The number of amides is 1. The molecule has 0 saturated carbocycles. The van der Waals surface area contributed by atoms with Gasteiger partial charge in [-0.1, -0.05) is 61.2 Å². The number of nitrogens with zero attached hydrogens (tertiary/aromatic N) is 3. The van der Waals surface area contributed by atoms with Crippen molar-refractivity contribution in [2.45, 2.75) is 55.9 Å². The first-order chi connectivity index (χ1) is 21.7. The number of aliphatic hydroxyl groups excluding tert-OH is 1. The zero-order valence-corrected chi connectivity index (χ0v) is 26.7. The van der Waals surface area contributed by atoms with Crippen molar-refractivity contribution in [3.8, 4) is 11.5 Å². The number of thioether (sulfide) groups is 1. The molecule has 2 aliphatic rings. The molecule has 232 valence electrons. The molecule has 2 atom stereocenters. The van der Waals surface area contributed by atoms with E-state index in [1.54, 1.807) is 48.5 Å². The van der Waals surface area contributed by atoms with Crippen LogP contribution >= 0.6 is 23.1 Å². The number of carbonyl (C=O) groups excluding carboxylic acids is 2. The molecule has 1 fully saturated rings. The standard InChI is InChI=1S/C34H32FN3O5S2/c1-19(2)13-14-42-26-6-4-5-22(17-26)29-28(30(39)23-9-12-27-24(16-23)15-20(3)43-27)31(40)32(41)38(29)33-36-37-34(45-33)44-18-21-7-10-25(35)11-8-21/h4-12,16-17,19-20,29,39H,13-15,18H2,1-3H3/t20-,29+/m1/s1. The predicted molar refractivity (Wildman–Crippen MR) is 172 cm³/mol. The highest BCUT2D eigenvalue weighted by Gasteiger charge is 2.48. The van der Waals surface area contributed by atoms with Crippen LogP contribution in [-0.2, 0) is 21.8 Å². The Balaban J connectivity index is 1.37. The van der Waals surface area contributed by atoms with Gasteiger partial charge >= 0.3 is 5.91 Å². The number of aliphatic hydroxyl groups is 1. The Morgan fingerprint density at radius 2 is 1.93 bits per heavy atom. The fourth-order valence-corrected chi connectivity index (χ4v) is 7.16. The van der Waals surface area contributed by atoms with Crippen LogP contribution in [0.4, 0.5) is 9.52 Å². The second-order valence-electron chi connectivity index (χ2n) is 11.5. The zero-order chi connectivity index (χ0) is 31.7. The zero-order valence-electron chi connectivity index (χ0n) is 25.0. The minimum atomic E-state index is -0.968. The molecule has 3 heterocycles. The molecule has 6 rings (SSSR count). The number of hydrogen-bond acceptors (Lipinski definition) is 9. The van der Waals surface area contributed by atoms with Crippen molar-refractivity contribution < 1.29 is 28.6 Å². The summed E-state index contributed by atoms with van der Waals surface area (Å²) in [5.74, 6) is 0.111. The van der Waals surface area contributed by atoms with Gasteiger partial charge in [-0.2, -0.15) is 0 Å². The van der Waals surface area contributed by atoms with Crippen LogP contribution in [0.1, 0.15) is 55.5 Å². The van der Waals surface area contributed by atoms with E-state index in [0.29, 0.717) is 45.9 Å². The van der Waals surface area contributed by atoms with Crippen LogP contribution in [0.25, 0.3) is 5.76 Å². The summed E-state index contributed by atoms with van der Waals surface area (Å²) in [6.45, 7) is 6.72. The van der Waals surface area contributed by atoms with Gasteiger partial charge in [0.15, 0.2) is 4.34 Å². The SMILES string of the molecule is CC(C)CCOc1cccc([C@H]2C(=C(O)c3ccc4c(c3)C[C@@H](C)O4)C(=O)C(=O)N2c2nnc(SCc3ccc(F)cc3)s2)c1. The van der Waals surface area contributed by atoms with E-state index < -0.39 is 17.7 Å². The maximum Gasteiger partial charge on any atom is 0.301 e. The number of fused-ring (bicyclic) bond motifs is 1. The molecule has 3 aromatic carbocycles. The first-order valence-corrected chi connectivity index (χ1v) is 16.5. The lowest BCUT2D eigenvalue weighted by molar-refractivity contribution is -0.132.